The third-order valence-corrected chi connectivity index (χ3v) is 6.63. The molecule has 0 unspecified atom stereocenters. The summed E-state index contributed by atoms with van der Waals surface area (Å²) < 4.78 is 6.44. The Morgan fingerprint density at radius 1 is 1.16 bits per heavy atom. The number of carbonyl (C=O) groups is 2. The fourth-order valence-corrected chi connectivity index (χ4v) is 4.86. The second-order valence-corrected chi connectivity index (χ2v) is 9.43. The molecule has 172 valence electrons. The maximum Gasteiger partial charge on any atom is 0.261 e. The zero-order chi connectivity index (χ0) is 22.9. The molecule has 0 radical (unpaired) electrons. The fourth-order valence-electron chi connectivity index (χ4n) is 4.06. The highest BCUT2D eigenvalue weighted by Gasteiger charge is 2.30. The molecule has 1 aliphatic rings. The van der Waals surface area contributed by atoms with Gasteiger partial charge in [0.15, 0.2) is 6.61 Å². The first kappa shape index (κ1) is 24.6. The van der Waals surface area contributed by atoms with Crippen LogP contribution in [0.25, 0.3) is 0 Å². The lowest BCUT2D eigenvalue weighted by molar-refractivity contribution is -0.143. The standard InChI is InChI=1S/C25H30BrClN2O3/c1-2-22(25(31)28-20-11-7-4-8-12-20)29(16-18-9-5-3-6-10-18)24(30)17-32-23-14-13-19(27)15-21(23)26/h3,5-6,9-10,13-15,20,22H,2,4,7-8,11-12,16-17H2,1H3,(H,28,31)/t22-/m1/s1. The number of rotatable bonds is 9. The van der Waals surface area contributed by atoms with Crippen molar-refractivity contribution in [1.29, 1.82) is 0 Å². The summed E-state index contributed by atoms with van der Waals surface area (Å²) in [5.74, 6) is 0.208. The Morgan fingerprint density at radius 3 is 2.53 bits per heavy atom. The Morgan fingerprint density at radius 2 is 1.88 bits per heavy atom. The number of hydrogen-bond acceptors (Lipinski definition) is 3. The molecule has 0 spiro atoms. The zero-order valence-corrected chi connectivity index (χ0v) is 20.7. The van der Waals surface area contributed by atoms with Crippen LogP contribution in [0, 0.1) is 0 Å². The molecule has 1 aliphatic carbocycles. The highest BCUT2D eigenvalue weighted by molar-refractivity contribution is 9.10. The third-order valence-electron chi connectivity index (χ3n) is 5.78. The van der Waals surface area contributed by atoms with Gasteiger partial charge in [-0.2, -0.15) is 0 Å². The normalized spacial score (nSPS) is 15.1. The summed E-state index contributed by atoms with van der Waals surface area (Å²) in [6.45, 7) is 2.12. The summed E-state index contributed by atoms with van der Waals surface area (Å²) in [4.78, 5) is 28.1. The van der Waals surface area contributed by atoms with Gasteiger partial charge in [0.2, 0.25) is 5.91 Å². The van der Waals surface area contributed by atoms with E-state index in [0.717, 1.165) is 31.2 Å². The number of amides is 2. The lowest BCUT2D eigenvalue weighted by atomic mass is 9.95. The summed E-state index contributed by atoms with van der Waals surface area (Å²) in [6.07, 6.45) is 6.03. The van der Waals surface area contributed by atoms with Crippen molar-refractivity contribution in [1.82, 2.24) is 10.2 Å². The van der Waals surface area contributed by atoms with Crippen LogP contribution < -0.4 is 10.1 Å². The van der Waals surface area contributed by atoms with Crippen molar-refractivity contribution in [2.75, 3.05) is 6.61 Å². The van der Waals surface area contributed by atoms with Crippen LogP contribution in [0.2, 0.25) is 5.02 Å². The molecule has 1 N–H and O–H groups in total. The average Bonchev–Trinajstić information content (AvgIpc) is 2.79. The minimum atomic E-state index is -0.554. The van der Waals surface area contributed by atoms with Crippen LogP contribution in [-0.2, 0) is 16.1 Å². The van der Waals surface area contributed by atoms with E-state index >= 15 is 0 Å². The van der Waals surface area contributed by atoms with Gasteiger partial charge in [-0.1, -0.05) is 68.1 Å². The molecule has 0 aromatic heterocycles. The molecule has 1 atom stereocenters. The van der Waals surface area contributed by atoms with Gasteiger partial charge < -0.3 is 15.0 Å². The van der Waals surface area contributed by atoms with Crippen LogP contribution >= 0.6 is 27.5 Å². The molecule has 32 heavy (non-hydrogen) atoms. The van der Waals surface area contributed by atoms with E-state index in [4.69, 9.17) is 16.3 Å². The van der Waals surface area contributed by atoms with Crippen molar-refractivity contribution in [3.63, 3.8) is 0 Å². The summed E-state index contributed by atoms with van der Waals surface area (Å²) >= 11 is 9.40. The van der Waals surface area contributed by atoms with E-state index in [2.05, 4.69) is 21.2 Å². The minimum Gasteiger partial charge on any atom is -0.483 e. The molecule has 1 fully saturated rings. The molecule has 3 rings (SSSR count). The van der Waals surface area contributed by atoms with Crippen LogP contribution in [0.1, 0.15) is 51.0 Å². The Hall–Kier alpha value is -2.05. The van der Waals surface area contributed by atoms with Crippen LogP contribution in [0.15, 0.2) is 53.0 Å². The van der Waals surface area contributed by atoms with Crippen molar-refractivity contribution in [3.8, 4) is 5.75 Å². The van der Waals surface area contributed by atoms with Crippen molar-refractivity contribution in [2.24, 2.45) is 0 Å². The van der Waals surface area contributed by atoms with Gasteiger partial charge in [0.05, 0.1) is 4.47 Å². The van der Waals surface area contributed by atoms with E-state index in [9.17, 15) is 9.59 Å². The highest BCUT2D eigenvalue weighted by atomic mass is 79.9. The quantitative estimate of drug-likeness (QED) is 0.458. The molecule has 2 aromatic rings. The number of halogens is 2. The molecule has 0 aliphatic heterocycles. The van der Waals surface area contributed by atoms with E-state index in [0.29, 0.717) is 28.2 Å². The first-order chi connectivity index (χ1) is 15.5. The number of ether oxygens (including phenoxy) is 1. The molecule has 2 amide bonds. The van der Waals surface area contributed by atoms with Crippen LogP contribution in [0.4, 0.5) is 0 Å². The maximum absolute atomic E-state index is 13.3. The lowest BCUT2D eigenvalue weighted by Crippen LogP contribution is -2.52. The predicted octanol–water partition coefficient (Wildman–Crippen LogP) is 5.74. The molecule has 0 bridgehead atoms. The second kappa shape index (κ2) is 12.3. The monoisotopic (exact) mass is 520 g/mol. The summed E-state index contributed by atoms with van der Waals surface area (Å²) in [5.41, 5.74) is 0.970. The Bertz CT molecular complexity index is 903. The molecule has 7 heteroatoms. The maximum atomic E-state index is 13.3. The van der Waals surface area contributed by atoms with Crippen LogP contribution in [0.5, 0.6) is 5.75 Å². The summed E-state index contributed by atoms with van der Waals surface area (Å²) in [6, 6.07) is 14.5. The largest absolute Gasteiger partial charge is 0.483 e. The smallest absolute Gasteiger partial charge is 0.261 e. The molecule has 0 heterocycles. The molecule has 5 nitrogen and oxygen atoms in total. The van der Waals surface area contributed by atoms with Crippen LogP contribution in [-0.4, -0.2) is 35.4 Å². The van der Waals surface area contributed by atoms with E-state index in [1.54, 1.807) is 23.1 Å². The molecule has 2 aromatic carbocycles. The van der Waals surface area contributed by atoms with Crippen molar-refractivity contribution in [2.45, 2.75) is 64.1 Å². The fraction of sp³-hybridized carbons (Fsp3) is 0.440. The zero-order valence-electron chi connectivity index (χ0n) is 18.4. The van der Waals surface area contributed by atoms with Gasteiger partial charge in [0, 0.05) is 17.6 Å². The van der Waals surface area contributed by atoms with E-state index < -0.39 is 6.04 Å². The topological polar surface area (TPSA) is 58.6 Å². The van der Waals surface area contributed by atoms with E-state index in [1.807, 2.05) is 37.3 Å². The van der Waals surface area contributed by atoms with Gasteiger partial charge in [-0.3, -0.25) is 9.59 Å². The van der Waals surface area contributed by atoms with Gasteiger partial charge in [-0.25, -0.2) is 0 Å². The first-order valence-corrected chi connectivity index (χ1v) is 12.4. The van der Waals surface area contributed by atoms with Crippen molar-refractivity contribution < 1.29 is 14.3 Å². The second-order valence-electron chi connectivity index (χ2n) is 8.14. The Kier molecular flexibility index (Phi) is 9.42. The third kappa shape index (κ3) is 6.97. The number of benzene rings is 2. The first-order valence-electron chi connectivity index (χ1n) is 11.2. The van der Waals surface area contributed by atoms with E-state index in [1.165, 1.54) is 6.42 Å². The SMILES string of the molecule is CC[C@H](C(=O)NC1CCCCC1)N(Cc1ccccc1)C(=O)COc1ccc(Cl)cc1Br. The Balaban J connectivity index is 1.74. The Labute approximate surface area is 203 Å². The number of carbonyl (C=O) groups excluding carboxylic acids is 2. The molecular formula is C25H30BrClN2O3. The highest BCUT2D eigenvalue weighted by Crippen LogP contribution is 2.28. The van der Waals surface area contributed by atoms with Gasteiger partial charge in [0.25, 0.3) is 5.91 Å². The number of nitrogens with one attached hydrogen (secondary N) is 1. The molecule has 1 saturated carbocycles. The lowest BCUT2D eigenvalue weighted by Gasteiger charge is -2.32. The van der Waals surface area contributed by atoms with Crippen LogP contribution in [0.3, 0.4) is 0 Å². The number of hydrogen-bond donors (Lipinski definition) is 1. The summed E-state index contributed by atoms with van der Waals surface area (Å²) in [5, 5.41) is 3.76. The van der Waals surface area contributed by atoms with Gasteiger partial charge >= 0.3 is 0 Å². The molecular weight excluding hydrogens is 492 g/mol. The predicted molar refractivity (Wildman–Crippen MR) is 131 cm³/mol. The average molecular weight is 522 g/mol. The van der Waals surface area contributed by atoms with Gasteiger partial charge in [-0.05, 0) is 59.0 Å². The van der Waals surface area contributed by atoms with Crippen molar-refractivity contribution >= 4 is 39.3 Å². The van der Waals surface area contributed by atoms with Gasteiger partial charge in [-0.15, -0.1) is 0 Å². The van der Waals surface area contributed by atoms with Gasteiger partial charge in [0.1, 0.15) is 11.8 Å². The van der Waals surface area contributed by atoms with Crippen molar-refractivity contribution in [3.05, 3.63) is 63.6 Å². The molecule has 0 saturated heterocycles. The minimum absolute atomic E-state index is 0.0867. The van der Waals surface area contributed by atoms with E-state index in [-0.39, 0.29) is 24.5 Å². The summed E-state index contributed by atoms with van der Waals surface area (Å²) in [7, 11) is 0. The number of nitrogens with zero attached hydrogens (tertiary/aromatic N) is 1.